The average Bonchev–Trinajstić information content (AvgIpc) is 2.18. The Morgan fingerprint density at radius 3 is 2.46 bits per heavy atom. The molecule has 0 amide bonds. The Hall–Kier alpha value is -0.790. The molecule has 0 aromatic rings. The molecule has 0 unspecified atom stereocenters. The second kappa shape index (κ2) is 5.05. The van der Waals surface area contributed by atoms with Gasteiger partial charge in [0.1, 0.15) is 6.10 Å². The van der Waals surface area contributed by atoms with Crippen molar-refractivity contribution in [3.05, 3.63) is 11.6 Å². The van der Waals surface area contributed by atoms with Gasteiger partial charge in [0.05, 0.1) is 0 Å². The molecule has 0 aliphatic heterocycles. The van der Waals surface area contributed by atoms with Gasteiger partial charge in [-0.2, -0.15) is 0 Å². The molecular weight excluding hydrogens is 164 g/mol. The highest BCUT2D eigenvalue weighted by atomic mass is 16.5. The van der Waals surface area contributed by atoms with Crippen LogP contribution in [0.2, 0.25) is 0 Å². The van der Waals surface area contributed by atoms with Gasteiger partial charge in [0.2, 0.25) is 0 Å². The van der Waals surface area contributed by atoms with Gasteiger partial charge in [-0.1, -0.05) is 12.5 Å². The van der Waals surface area contributed by atoms with E-state index in [4.69, 9.17) is 4.74 Å². The maximum Gasteiger partial charge on any atom is 0.333 e. The summed E-state index contributed by atoms with van der Waals surface area (Å²) in [6.45, 7) is 3.66. The third-order valence-corrected chi connectivity index (χ3v) is 2.58. The van der Waals surface area contributed by atoms with Crippen molar-refractivity contribution in [1.82, 2.24) is 0 Å². The fourth-order valence-corrected chi connectivity index (χ4v) is 1.55. The molecule has 13 heavy (non-hydrogen) atoms. The first-order valence-electron chi connectivity index (χ1n) is 5.08. The average molecular weight is 182 g/mol. The Bertz CT molecular complexity index is 200. The lowest BCUT2D eigenvalue weighted by molar-refractivity contribution is -0.145. The van der Waals surface area contributed by atoms with Crippen molar-refractivity contribution >= 4 is 5.97 Å². The number of hydrogen-bond acceptors (Lipinski definition) is 2. The van der Waals surface area contributed by atoms with Crippen LogP contribution in [0.25, 0.3) is 0 Å². The van der Waals surface area contributed by atoms with Crippen LogP contribution in [0.4, 0.5) is 0 Å². The van der Waals surface area contributed by atoms with Crippen molar-refractivity contribution in [2.24, 2.45) is 0 Å². The number of esters is 1. The van der Waals surface area contributed by atoms with E-state index in [-0.39, 0.29) is 12.1 Å². The highest BCUT2D eigenvalue weighted by Crippen LogP contribution is 2.21. The highest BCUT2D eigenvalue weighted by molar-refractivity contribution is 5.87. The fourth-order valence-electron chi connectivity index (χ4n) is 1.55. The van der Waals surface area contributed by atoms with E-state index in [1.165, 1.54) is 19.3 Å². The minimum absolute atomic E-state index is 0.144. The van der Waals surface area contributed by atoms with Crippen molar-refractivity contribution in [2.75, 3.05) is 0 Å². The van der Waals surface area contributed by atoms with Crippen LogP contribution in [0.1, 0.15) is 46.0 Å². The summed E-state index contributed by atoms with van der Waals surface area (Å²) in [6, 6.07) is 0. The minimum atomic E-state index is -0.144. The van der Waals surface area contributed by atoms with E-state index in [1.807, 2.05) is 6.92 Å². The van der Waals surface area contributed by atoms with Crippen LogP contribution in [-0.4, -0.2) is 12.1 Å². The fraction of sp³-hybridized carbons (Fsp3) is 0.727. The molecule has 1 rings (SSSR count). The Labute approximate surface area is 80.0 Å². The quantitative estimate of drug-likeness (QED) is 0.485. The Morgan fingerprint density at radius 1 is 1.31 bits per heavy atom. The predicted molar refractivity (Wildman–Crippen MR) is 52.4 cm³/mol. The Kier molecular flexibility index (Phi) is 4.00. The monoisotopic (exact) mass is 182 g/mol. The summed E-state index contributed by atoms with van der Waals surface area (Å²) in [4.78, 5) is 11.4. The summed E-state index contributed by atoms with van der Waals surface area (Å²) in [7, 11) is 0. The normalized spacial score (nSPS) is 20.0. The molecule has 1 aliphatic rings. The van der Waals surface area contributed by atoms with Crippen molar-refractivity contribution in [3.8, 4) is 0 Å². The highest BCUT2D eigenvalue weighted by Gasteiger charge is 2.17. The van der Waals surface area contributed by atoms with Gasteiger partial charge in [-0.3, -0.25) is 0 Å². The third kappa shape index (κ3) is 3.21. The molecule has 0 saturated heterocycles. The number of allylic oxidation sites excluding steroid dienone is 1. The summed E-state index contributed by atoms with van der Waals surface area (Å²) >= 11 is 0. The molecular formula is C11H18O2. The summed E-state index contributed by atoms with van der Waals surface area (Å²) in [5.74, 6) is -0.144. The standard InChI is InChI=1S/C11H18O2/c1-3-9(2)11(12)13-10-7-5-4-6-8-10/h3,10H,4-8H2,1-2H3/b9-3-. The number of carbonyl (C=O) groups excluding carboxylic acids is 1. The lowest BCUT2D eigenvalue weighted by Crippen LogP contribution is -2.21. The van der Waals surface area contributed by atoms with Gasteiger partial charge >= 0.3 is 5.97 Å². The maximum atomic E-state index is 11.4. The molecule has 0 N–H and O–H groups in total. The van der Waals surface area contributed by atoms with E-state index in [0.29, 0.717) is 5.57 Å². The van der Waals surface area contributed by atoms with Gasteiger partial charge in [0.25, 0.3) is 0 Å². The first-order valence-corrected chi connectivity index (χ1v) is 5.08. The molecule has 1 saturated carbocycles. The van der Waals surface area contributed by atoms with Gasteiger partial charge < -0.3 is 4.74 Å². The van der Waals surface area contributed by atoms with E-state index in [2.05, 4.69) is 0 Å². The molecule has 0 aromatic carbocycles. The van der Waals surface area contributed by atoms with Crippen molar-refractivity contribution in [3.63, 3.8) is 0 Å². The number of carbonyl (C=O) groups is 1. The summed E-state index contributed by atoms with van der Waals surface area (Å²) in [5, 5.41) is 0. The minimum Gasteiger partial charge on any atom is -0.459 e. The SMILES string of the molecule is C/C=C(/C)C(=O)OC1CCCCC1. The number of rotatable bonds is 2. The topological polar surface area (TPSA) is 26.3 Å². The third-order valence-electron chi connectivity index (χ3n) is 2.58. The second-order valence-electron chi connectivity index (χ2n) is 3.64. The number of hydrogen-bond donors (Lipinski definition) is 0. The first-order chi connectivity index (χ1) is 6.24. The van der Waals surface area contributed by atoms with Gasteiger partial charge in [-0.05, 0) is 39.5 Å². The van der Waals surface area contributed by atoms with Crippen LogP contribution in [0.5, 0.6) is 0 Å². The smallest absolute Gasteiger partial charge is 0.333 e. The molecule has 2 heteroatoms. The van der Waals surface area contributed by atoms with Crippen LogP contribution in [0.3, 0.4) is 0 Å². The molecule has 2 nitrogen and oxygen atoms in total. The molecule has 0 aromatic heterocycles. The molecule has 1 aliphatic carbocycles. The van der Waals surface area contributed by atoms with E-state index in [0.717, 1.165) is 12.8 Å². The summed E-state index contributed by atoms with van der Waals surface area (Å²) in [6.07, 6.45) is 7.75. The van der Waals surface area contributed by atoms with Crippen molar-refractivity contribution < 1.29 is 9.53 Å². The molecule has 0 atom stereocenters. The maximum absolute atomic E-state index is 11.4. The van der Waals surface area contributed by atoms with Crippen LogP contribution in [0, 0.1) is 0 Å². The van der Waals surface area contributed by atoms with E-state index in [1.54, 1.807) is 13.0 Å². The summed E-state index contributed by atoms with van der Waals surface area (Å²) < 4.78 is 5.34. The molecule has 1 fully saturated rings. The number of ether oxygens (including phenoxy) is 1. The zero-order valence-corrected chi connectivity index (χ0v) is 8.51. The molecule has 0 bridgehead atoms. The largest absolute Gasteiger partial charge is 0.459 e. The van der Waals surface area contributed by atoms with Crippen LogP contribution in [0.15, 0.2) is 11.6 Å². The molecule has 0 spiro atoms. The van der Waals surface area contributed by atoms with Crippen LogP contribution < -0.4 is 0 Å². The molecule has 0 heterocycles. The van der Waals surface area contributed by atoms with Gasteiger partial charge in [0, 0.05) is 5.57 Å². The van der Waals surface area contributed by atoms with Crippen molar-refractivity contribution in [2.45, 2.75) is 52.1 Å². The lowest BCUT2D eigenvalue weighted by Gasteiger charge is -2.21. The van der Waals surface area contributed by atoms with E-state index >= 15 is 0 Å². The molecule has 0 radical (unpaired) electrons. The van der Waals surface area contributed by atoms with Gasteiger partial charge in [-0.25, -0.2) is 4.79 Å². The van der Waals surface area contributed by atoms with E-state index in [9.17, 15) is 4.79 Å². The Balaban J connectivity index is 2.34. The van der Waals surface area contributed by atoms with Gasteiger partial charge in [0.15, 0.2) is 0 Å². The first kappa shape index (κ1) is 10.3. The van der Waals surface area contributed by atoms with Crippen LogP contribution in [-0.2, 0) is 9.53 Å². The zero-order chi connectivity index (χ0) is 9.68. The zero-order valence-electron chi connectivity index (χ0n) is 8.51. The lowest BCUT2D eigenvalue weighted by atomic mass is 9.98. The Morgan fingerprint density at radius 2 is 1.92 bits per heavy atom. The summed E-state index contributed by atoms with van der Waals surface area (Å²) in [5.41, 5.74) is 0.713. The van der Waals surface area contributed by atoms with Gasteiger partial charge in [-0.15, -0.1) is 0 Å². The molecule has 74 valence electrons. The second-order valence-corrected chi connectivity index (χ2v) is 3.64. The van der Waals surface area contributed by atoms with E-state index < -0.39 is 0 Å². The predicted octanol–water partition coefficient (Wildman–Crippen LogP) is 2.83. The van der Waals surface area contributed by atoms with Crippen molar-refractivity contribution in [1.29, 1.82) is 0 Å². The van der Waals surface area contributed by atoms with Crippen LogP contribution >= 0.6 is 0 Å².